The minimum Gasteiger partial charge on any atom is -0.248 e. The maximum atomic E-state index is 12.6. The van der Waals surface area contributed by atoms with E-state index in [-0.39, 0.29) is 17.4 Å². The summed E-state index contributed by atoms with van der Waals surface area (Å²) in [5, 5.41) is 8.97. The minimum atomic E-state index is -0.780. The molecule has 0 aromatic heterocycles. The highest BCUT2D eigenvalue weighted by Crippen LogP contribution is 2.18. The van der Waals surface area contributed by atoms with Crippen molar-refractivity contribution in [2.75, 3.05) is 5.43 Å². The van der Waals surface area contributed by atoms with Gasteiger partial charge in [-0.15, -0.1) is 12.4 Å². The molecule has 1 rings (SSSR count). The fourth-order valence-electron chi connectivity index (χ4n) is 0.684. The van der Waals surface area contributed by atoms with Crippen LogP contribution in [0.4, 0.5) is 10.1 Å². The first-order valence-electron chi connectivity index (χ1n) is 3.20. The van der Waals surface area contributed by atoms with Gasteiger partial charge in [0.05, 0.1) is 10.7 Å². The molecule has 8 heteroatoms. The number of benzene rings is 1. The number of hydrazine groups is 2. The van der Waals surface area contributed by atoms with Gasteiger partial charge in [0.25, 0.3) is 0 Å². The van der Waals surface area contributed by atoms with Gasteiger partial charge in [0.15, 0.2) is 5.03 Å². The third-order valence-electron chi connectivity index (χ3n) is 1.21. The van der Waals surface area contributed by atoms with E-state index in [2.05, 4.69) is 5.43 Å². The van der Waals surface area contributed by atoms with E-state index in [4.69, 9.17) is 11.6 Å². The van der Waals surface area contributed by atoms with Gasteiger partial charge in [-0.3, -0.25) is 0 Å². The minimum absolute atomic E-state index is 0. The lowest BCUT2D eigenvalue weighted by atomic mass is 10.3. The first kappa shape index (κ1) is 12.7. The van der Waals surface area contributed by atoms with Gasteiger partial charge >= 0.3 is 0 Å². The molecule has 0 fully saturated rings. The smallest absolute Gasteiger partial charge is 0.178 e. The molecule has 0 saturated carbocycles. The Kier molecular flexibility index (Phi) is 4.96. The lowest BCUT2D eigenvalue weighted by Crippen LogP contribution is -2.27. The fourth-order valence-corrected chi connectivity index (χ4v) is 0.865. The molecule has 1 aromatic rings. The molecule has 0 spiro atoms. The summed E-state index contributed by atoms with van der Waals surface area (Å²) < 4.78 is 12.6. The number of nitrogens with zero attached hydrogens (tertiary/aromatic N) is 1. The van der Waals surface area contributed by atoms with Gasteiger partial charge < -0.3 is 0 Å². The van der Waals surface area contributed by atoms with Crippen LogP contribution in [0.2, 0.25) is 5.02 Å². The van der Waals surface area contributed by atoms with Crippen LogP contribution in [0.25, 0.3) is 0 Å². The molecule has 0 unspecified atom stereocenters. The highest BCUT2D eigenvalue weighted by Gasteiger charge is 2.01. The summed E-state index contributed by atoms with van der Waals surface area (Å²) in [4.78, 5) is 9.85. The van der Waals surface area contributed by atoms with Crippen molar-refractivity contribution in [2.24, 2.45) is 0 Å². The van der Waals surface area contributed by atoms with Crippen molar-refractivity contribution in [2.45, 2.75) is 0 Å². The Bertz CT molecular complexity index is 337. The SMILES string of the molecule is Cl.O=[N+]([O-])NNc1ccc(F)c(Cl)c1. The average molecular weight is 242 g/mol. The molecule has 0 heterocycles. The van der Waals surface area contributed by atoms with Crippen LogP contribution >= 0.6 is 24.0 Å². The molecular formula is C6H6Cl2FN3O2. The summed E-state index contributed by atoms with van der Waals surface area (Å²) in [5.74, 6) is -0.576. The molecular weight excluding hydrogens is 236 g/mol. The summed E-state index contributed by atoms with van der Waals surface area (Å²) in [6.07, 6.45) is 0. The number of rotatable bonds is 3. The highest BCUT2D eigenvalue weighted by molar-refractivity contribution is 6.31. The summed E-state index contributed by atoms with van der Waals surface area (Å²) in [6.45, 7) is 0. The fraction of sp³-hybridized carbons (Fsp3) is 0. The van der Waals surface area contributed by atoms with E-state index in [9.17, 15) is 14.5 Å². The van der Waals surface area contributed by atoms with Gasteiger partial charge in [0, 0.05) is 0 Å². The molecule has 0 bridgehead atoms. The molecule has 0 aliphatic heterocycles. The molecule has 0 aliphatic carbocycles. The molecule has 0 saturated heterocycles. The van der Waals surface area contributed by atoms with E-state index in [1.165, 1.54) is 12.1 Å². The van der Waals surface area contributed by atoms with E-state index >= 15 is 0 Å². The zero-order valence-electron chi connectivity index (χ0n) is 6.66. The van der Waals surface area contributed by atoms with Crippen molar-refractivity contribution in [1.82, 2.24) is 5.53 Å². The van der Waals surface area contributed by atoms with E-state index in [1.807, 2.05) is 0 Å². The second-order valence-corrected chi connectivity index (χ2v) is 2.53. The monoisotopic (exact) mass is 241 g/mol. The van der Waals surface area contributed by atoms with Crippen molar-refractivity contribution < 1.29 is 9.42 Å². The topological polar surface area (TPSA) is 67.2 Å². The van der Waals surface area contributed by atoms with Gasteiger partial charge in [-0.2, -0.15) is 0 Å². The van der Waals surface area contributed by atoms with Crippen molar-refractivity contribution in [1.29, 1.82) is 0 Å². The maximum absolute atomic E-state index is 12.6. The molecule has 2 N–H and O–H groups in total. The molecule has 1 aromatic carbocycles. The number of nitrogens with one attached hydrogen (secondary N) is 2. The molecule has 0 radical (unpaired) electrons. The first-order valence-corrected chi connectivity index (χ1v) is 3.58. The Labute approximate surface area is 89.7 Å². The molecule has 78 valence electrons. The maximum Gasteiger partial charge on any atom is 0.178 e. The second-order valence-electron chi connectivity index (χ2n) is 2.12. The van der Waals surface area contributed by atoms with Crippen LogP contribution in [0.1, 0.15) is 0 Å². The van der Waals surface area contributed by atoms with Crippen molar-refractivity contribution in [3.8, 4) is 0 Å². The Balaban J connectivity index is 0.00000169. The molecule has 0 atom stereocenters. The van der Waals surface area contributed by atoms with Crippen LogP contribution in [-0.4, -0.2) is 5.03 Å². The van der Waals surface area contributed by atoms with Gasteiger partial charge in [-0.1, -0.05) is 11.6 Å². The van der Waals surface area contributed by atoms with E-state index in [0.717, 1.165) is 6.07 Å². The third kappa shape index (κ3) is 3.63. The second kappa shape index (κ2) is 5.46. The van der Waals surface area contributed by atoms with E-state index < -0.39 is 10.8 Å². The Morgan fingerprint density at radius 1 is 1.50 bits per heavy atom. The molecule has 0 amide bonds. The Hall–Kier alpha value is -1.27. The zero-order chi connectivity index (χ0) is 9.84. The van der Waals surface area contributed by atoms with Gasteiger partial charge in [0.1, 0.15) is 5.82 Å². The zero-order valence-corrected chi connectivity index (χ0v) is 8.23. The highest BCUT2D eigenvalue weighted by atomic mass is 35.5. The van der Waals surface area contributed by atoms with Crippen molar-refractivity contribution >= 4 is 29.7 Å². The number of anilines is 1. The molecule has 5 nitrogen and oxygen atoms in total. The summed E-state index contributed by atoms with van der Waals surface area (Å²) in [6, 6.07) is 3.65. The Morgan fingerprint density at radius 3 is 2.64 bits per heavy atom. The van der Waals surface area contributed by atoms with E-state index in [1.54, 1.807) is 5.53 Å². The van der Waals surface area contributed by atoms with Crippen LogP contribution in [0.5, 0.6) is 0 Å². The van der Waals surface area contributed by atoms with Crippen LogP contribution in [0.15, 0.2) is 18.2 Å². The molecule has 0 aliphatic rings. The van der Waals surface area contributed by atoms with Gasteiger partial charge in [-0.05, 0) is 23.7 Å². The van der Waals surface area contributed by atoms with Gasteiger partial charge in [-0.25, -0.2) is 19.9 Å². The van der Waals surface area contributed by atoms with Crippen LogP contribution in [-0.2, 0) is 0 Å². The largest absolute Gasteiger partial charge is 0.248 e. The number of hydrogen-bond donors (Lipinski definition) is 2. The van der Waals surface area contributed by atoms with Crippen LogP contribution in [0.3, 0.4) is 0 Å². The molecule has 14 heavy (non-hydrogen) atoms. The Morgan fingerprint density at radius 2 is 2.14 bits per heavy atom. The number of nitro groups is 1. The predicted molar refractivity (Wildman–Crippen MR) is 52.4 cm³/mol. The van der Waals surface area contributed by atoms with Crippen LogP contribution in [0, 0.1) is 15.9 Å². The van der Waals surface area contributed by atoms with Crippen LogP contribution < -0.4 is 11.0 Å². The third-order valence-corrected chi connectivity index (χ3v) is 1.50. The van der Waals surface area contributed by atoms with Gasteiger partial charge in [0.2, 0.25) is 0 Å². The first-order chi connectivity index (χ1) is 6.09. The lowest BCUT2D eigenvalue weighted by Gasteiger charge is -2.02. The summed E-state index contributed by atoms with van der Waals surface area (Å²) >= 11 is 5.42. The standard InChI is InChI=1S/C6H5ClFN3O2.ClH/c7-5-3-4(1-2-6(5)8)9-10-11(12)13;/h1-3,9-10H;1H. The lowest BCUT2D eigenvalue weighted by molar-refractivity contribution is -0.538. The normalized spacial score (nSPS) is 8.71. The van der Waals surface area contributed by atoms with Crippen molar-refractivity contribution in [3.05, 3.63) is 39.2 Å². The summed E-state index contributed by atoms with van der Waals surface area (Å²) in [7, 11) is 0. The number of hydrogen-bond acceptors (Lipinski definition) is 3. The van der Waals surface area contributed by atoms with Crippen molar-refractivity contribution in [3.63, 3.8) is 0 Å². The number of halogens is 3. The van der Waals surface area contributed by atoms with E-state index in [0.29, 0.717) is 5.69 Å². The predicted octanol–water partition coefficient (Wildman–Crippen LogP) is 2.01. The quantitative estimate of drug-likeness (QED) is 0.628. The summed E-state index contributed by atoms with van der Waals surface area (Å²) in [5.41, 5.74) is 4.22. The average Bonchev–Trinajstić information content (AvgIpc) is 2.07.